The lowest BCUT2D eigenvalue weighted by molar-refractivity contribution is -0.120. The van der Waals surface area contributed by atoms with Crippen molar-refractivity contribution in [3.63, 3.8) is 0 Å². The highest BCUT2D eigenvalue weighted by Gasteiger charge is 2.22. The highest BCUT2D eigenvalue weighted by Crippen LogP contribution is 2.17. The maximum atomic E-state index is 12.9. The Morgan fingerprint density at radius 1 is 0.903 bits per heavy atom. The van der Waals surface area contributed by atoms with Crippen LogP contribution in [0.25, 0.3) is 0 Å². The Morgan fingerprint density at radius 3 is 2.16 bits per heavy atom. The summed E-state index contributed by atoms with van der Waals surface area (Å²) in [6.07, 6.45) is 0. The van der Waals surface area contributed by atoms with Crippen LogP contribution in [0.15, 0.2) is 53.4 Å². The Bertz CT molecular complexity index is 1050. The van der Waals surface area contributed by atoms with Crippen LogP contribution >= 0.6 is 0 Å². The van der Waals surface area contributed by atoms with Crippen molar-refractivity contribution in [3.8, 4) is 0 Å². The van der Waals surface area contributed by atoms with E-state index in [2.05, 4.69) is 16.2 Å². The van der Waals surface area contributed by atoms with Crippen molar-refractivity contribution in [2.24, 2.45) is 0 Å². The molecule has 31 heavy (non-hydrogen) atoms. The van der Waals surface area contributed by atoms with Crippen molar-refractivity contribution in [2.45, 2.75) is 18.7 Å². The van der Waals surface area contributed by atoms with Gasteiger partial charge in [-0.1, -0.05) is 19.9 Å². The summed E-state index contributed by atoms with van der Waals surface area (Å²) in [5.41, 5.74) is 4.46. The molecule has 3 N–H and O–H groups in total. The predicted octanol–water partition coefficient (Wildman–Crippen LogP) is 1.05. The van der Waals surface area contributed by atoms with E-state index in [0.717, 1.165) is 12.1 Å². The molecule has 2 rings (SSSR count). The van der Waals surface area contributed by atoms with Gasteiger partial charge in [-0.25, -0.2) is 12.8 Å². The van der Waals surface area contributed by atoms with Crippen LogP contribution in [0.5, 0.6) is 0 Å². The Hall–Kier alpha value is -3.31. The van der Waals surface area contributed by atoms with Gasteiger partial charge in [0.1, 0.15) is 5.82 Å². The first-order valence-corrected chi connectivity index (χ1v) is 10.9. The lowest BCUT2D eigenvalue weighted by Crippen LogP contribution is -2.46. The number of sulfonamides is 1. The summed E-state index contributed by atoms with van der Waals surface area (Å²) in [6, 6.07) is 10.2. The maximum Gasteiger partial charge on any atom is 0.269 e. The SMILES string of the molecule is CCN(CC)S(=O)(=O)c1cccc(C(=O)NCC(=O)NNC(=O)c2ccc(F)cc2)c1. The lowest BCUT2D eigenvalue weighted by Gasteiger charge is -2.18. The minimum atomic E-state index is -3.73. The fourth-order valence-corrected chi connectivity index (χ4v) is 4.12. The zero-order valence-corrected chi connectivity index (χ0v) is 17.8. The number of nitrogens with one attached hydrogen (secondary N) is 3. The monoisotopic (exact) mass is 450 g/mol. The van der Waals surface area contributed by atoms with E-state index in [9.17, 15) is 27.2 Å². The third-order valence-corrected chi connectivity index (χ3v) is 6.32. The van der Waals surface area contributed by atoms with E-state index >= 15 is 0 Å². The molecular weight excluding hydrogens is 427 g/mol. The molecule has 0 bridgehead atoms. The van der Waals surface area contributed by atoms with Crippen LogP contribution in [0, 0.1) is 5.82 Å². The minimum Gasteiger partial charge on any atom is -0.343 e. The molecule has 0 heterocycles. The summed E-state index contributed by atoms with van der Waals surface area (Å²) in [5.74, 6) is -2.53. The summed E-state index contributed by atoms with van der Waals surface area (Å²) in [6.45, 7) is 3.55. The van der Waals surface area contributed by atoms with Crippen LogP contribution in [0.1, 0.15) is 34.6 Å². The van der Waals surface area contributed by atoms with E-state index in [1.165, 1.54) is 40.7 Å². The Balaban J connectivity index is 1.93. The molecule has 0 aromatic heterocycles. The highest BCUT2D eigenvalue weighted by molar-refractivity contribution is 7.89. The van der Waals surface area contributed by atoms with Crippen molar-refractivity contribution in [2.75, 3.05) is 19.6 Å². The Kier molecular flexibility index (Phi) is 8.22. The van der Waals surface area contributed by atoms with Gasteiger partial charge in [-0.2, -0.15) is 4.31 Å². The number of rotatable bonds is 8. The molecule has 0 saturated heterocycles. The predicted molar refractivity (Wildman–Crippen MR) is 111 cm³/mol. The van der Waals surface area contributed by atoms with Gasteiger partial charge in [0.05, 0.1) is 11.4 Å². The molecule has 0 aliphatic carbocycles. The second kappa shape index (κ2) is 10.6. The summed E-state index contributed by atoms with van der Waals surface area (Å²) < 4.78 is 39.3. The van der Waals surface area contributed by atoms with Crippen molar-refractivity contribution >= 4 is 27.7 Å². The molecule has 0 fully saturated rings. The average Bonchev–Trinajstić information content (AvgIpc) is 2.77. The van der Waals surface area contributed by atoms with Crippen molar-refractivity contribution in [1.29, 1.82) is 0 Å². The van der Waals surface area contributed by atoms with E-state index in [-0.39, 0.29) is 16.0 Å². The third-order valence-electron chi connectivity index (χ3n) is 4.27. The number of carbonyl (C=O) groups is 3. The molecular formula is C20H23FN4O5S. The molecule has 0 atom stereocenters. The fraction of sp³-hybridized carbons (Fsp3) is 0.250. The van der Waals surface area contributed by atoms with Gasteiger partial charge >= 0.3 is 0 Å². The van der Waals surface area contributed by atoms with Gasteiger partial charge in [0.25, 0.3) is 17.7 Å². The number of nitrogens with zero attached hydrogens (tertiary/aromatic N) is 1. The summed E-state index contributed by atoms with van der Waals surface area (Å²) in [7, 11) is -3.73. The van der Waals surface area contributed by atoms with E-state index in [1.54, 1.807) is 13.8 Å². The number of carbonyl (C=O) groups excluding carboxylic acids is 3. The molecule has 0 unspecified atom stereocenters. The van der Waals surface area contributed by atoms with E-state index < -0.39 is 40.1 Å². The lowest BCUT2D eigenvalue weighted by atomic mass is 10.2. The Labute approximate surface area is 179 Å². The molecule has 0 radical (unpaired) electrons. The molecule has 9 nitrogen and oxygen atoms in total. The summed E-state index contributed by atoms with van der Waals surface area (Å²) in [4.78, 5) is 36.0. The number of benzene rings is 2. The topological polar surface area (TPSA) is 125 Å². The van der Waals surface area contributed by atoms with Gasteiger partial charge in [-0.15, -0.1) is 0 Å². The number of halogens is 1. The van der Waals surface area contributed by atoms with E-state index in [0.29, 0.717) is 13.1 Å². The molecule has 3 amide bonds. The van der Waals surface area contributed by atoms with Gasteiger partial charge in [0.2, 0.25) is 10.0 Å². The van der Waals surface area contributed by atoms with Crippen LogP contribution < -0.4 is 16.2 Å². The summed E-state index contributed by atoms with van der Waals surface area (Å²) in [5, 5.41) is 2.35. The van der Waals surface area contributed by atoms with Crippen LogP contribution in [-0.4, -0.2) is 50.1 Å². The van der Waals surface area contributed by atoms with E-state index in [1.807, 2.05) is 0 Å². The second-order valence-corrected chi connectivity index (χ2v) is 8.25. The van der Waals surface area contributed by atoms with Crippen LogP contribution in [0.3, 0.4) is 0 Å². The number of hydrogen-bond donors (Lipinski definition) is 3. The van der Waals surface area contributed by atoms with Gasteiger partial charge < -0.3 is 5.32 Å². The van der Waals surface area contributed by atoms with Gasteiger partial charge in [0.15, 0.2) is 0 Å². The Morgan fingerprint density at radius 2 is 1.55 bits per heavy atom. The molecule has 11 heteroatoms. The largest absolute Gasteiger partial charge is 0.343 e. The molecule has 0 spiro atoms. The summed E-state index contributed by atoms with van der Waals surface area (Å²) >= 11 is 0. The molecule has 0 aliphatic rings. The van der Waals surface area contributed by atoms with Gasteiger partial charge in [-0.3, -0.25) is 25.2 Å². The van der Waals surface area contributed by atoms with E-state index in [4.69, 9.17) is 0 Å². The average molecular weight is 450 g/mol. The molecule has 2 aromatic carbocycles. The van der Waals surface area contributed by atoms with Crippen molar-refractivity contribution in [1.82, 2.24) is 20.5 Å². The zero-order valence-electron chi connectivity index (χ0n) is 17.0. The first kappa shape index (κ1) is 24.0. The third kappa shape index (κ3) is 6.33. The first-order valence-electron chi connectivity index (χ1n) is 9.42. The molecule has 166 valence electrons. The number of amides is 3. The smallest absolute Gasteiger partial charge is 0.269 e. The van der Waals surface area contributed by atoms with Gasteiger partial charge in [0, 0.05) is 24.2 Å². The van der Waals surface area contributed by atoms with Crippen molar-refractivity contribution < 1.29 is 27.2 Å². The fourth-order valence-electron chi connectivity index (χ4n) is 2.62. The second-order valence-electron chi connectivity index (χ2n) is 6.31. The van der Waals surface area contributed by atoms with Crippen molar-refractivity contribution in [3.05, 3.63) is 65.5 Å². The maximum absolute atomic E-state index is 12.9. The molecule has 2 aromatic rings. The highest BCUT2D eigenvalue weighted by atomic mass is 32.2. The number of hydrazine groups is 1. The number of hydrogen-bond acceptors (Lipinski definition) is 5. The van der Waals surface area contributed by atoms with Gasteiger partial charge in [-0.05, 0) is 42.5 Å². The standard InChI is InChI=1S/C20H23FN4O5S/c1-3-25(4-2)31(29,30)17-7-5-6-15(12-17)19(27)22-13-18(26)23-24-20(28)14-8-10-16(21)11-9-14/h5-12H,3-4,13H2,1-2H3,(H,22,27)(H,23,26)(H,24,28). The molecule has 0 saturated carbocycles. The van der Waals surface area contributed by atoms with Crippen LogP contribution in [0.2, 0.25) is 0 Å². The van der Waals surface area contributed by atoms with Crippen LogP contribution in [0.4, 0.5) is 4.39 Å². The quantitative estimate of drug-likeness (QED) is 0.519. The van der Waals surface area contributed by atoms with Crippen LogP contribution in [-0.2, 0) is 14.8 Å². The molecule has 0 aliphatic heterocycles. The normalized spacial score (nSPS) is 11.1. The first-order chi connectivity index (χ1) is 14.7. The minimum absolute atomic E-state index is 0.0279. The zero-order chi connectivity index (χ0) is 23.0.